The zero-order chi connectivity index (χ0) is 31.9. The lowest BCUT2D eigenvalue weighted by Crippen LogP contribution is -2.51. The van der Waals surface area contributed by atoms with E-state index in [4.69, 9.17) is 4.74 Å². The van der Waals surface area contributed by atoms with Crippen molar-refractivity contribution in [3.63, 3.8) is 0 Å². The van der Waals surface area contributed by atoms with Gasteiger partial charge in [-0.05, 0) is 62.6 Å². The Bertz CT molecular complexity index is 1480. The average Bonchev–Trinajstić information content (AvgIpc) is 3.38. The Balaban J connectivity index is 1.53. The van der Waals surface area contributed by atoms with Crippen molar-refractivity contribution < 1.29 is 46.3 Å². The molecule has 14 heteroatoms. The maximum atomic E-state index is 13.7. The summed E-state index contributed by atoms with van der Waals surface area (Å²) in [4.78, 5) is 64.6. The normalized spacial score (nSPS) is 18.7. The van der Waals surface area contributed by atoms with Crippen LogP contribution < -0.4 is 10.6 Å². The highest BCUT2D eigenvalue weighted by Gasteiger charge is 2.58. The molecule has 10 nitrogen and oxygen atoms in total. The number of nitrogens with zero attached hydrogens (tertiary/aromatic N) is 2. The molecule has 2 aromatic rings. The van der Waals surface area contributed by atoms with Gasteiger partial charge in [0.05, 0.1) is 0 Å². The lowest BCUT2D eigenvalue weighted by molar-refractivity contribution is -0.187. The molecule has 1 aliphatic carbocycles. The molecule has 2 aromatic carbocycles. The number of carbonyl (C=O) groups is 5. The zero-order valence-electron chi connectivity index (χ0n) is 23.8. The standard InChI is InChI=1S/C29H30F4N4O6/c1-16(29(31,32)33)36(14-18-5-7-20(30)8-6-18)23(39)15-37-25(41)28(43-26(37)42)12-11-19-13-21(9-10-22(19)28)34-24(40)27(3,4)35-17(2)38/h5-10,13,16H,11-12,14-15H2,1-4H3,(H,34,40)(H,35,38)/t16-,28+/m0/s1. The first-order chi connectivity index (χ1) is 19.9. The third-order valence-corrected chi connectivity index (χ3v) is 7.49. The quantitative estimate of drug-likeness (QED) is 0.441. The van der Waals surface area contributed by atoms with Crippen molar-refractivity contribution in [3.8, 4) is 0 Å². The van der Waals surface area contributed by atoms with Crippen LogP contribution in [-0.2, 0) is 42.5 Å². The van der Waals surface area contributed by atoms with Crippen LogP contribution in [-0.4, -0.2) is 63.8 Å². The largest absolute Gasteiger partial charge is 0.427 e. The van der Waals surface area contributed by atoms with Crippen LogP contribution in [0.1, 0.15) is 50.8 Å². The number of hydrogen-bond acceptors (Lipinski definition) is 6. The van der Waals surface area contributed by atoms with Crippen LogP contribution in [0, 0.1) is 5.82 Å². The molecule has 2 N–H and O–H groups in total. The summed E-state index contributed by atoms with van der Waals surface area (Å²) in [5.74, 6) is -3.56. The second-order valence-corrected chi connectivity index (χ2v) is 11.1. The Morgan fingerprint density at radius 2 is 1.74 bits per heavy atom. The number of anilines is 1. The van der Waals surface area contributed by atoms with Crippen LogP contribution in [0.4, 0.5) is 28.0 Å². The summed E-state index contributed by atoms with van der Waals surface area (Å²) < 4.78 is 59.8. The van der Waals surface area contributed by atoms with Crippen molar-refractivity contribution in [2.45, 2.75) is 70.4 Å². The first-order valence-electron chi connectivity index (χ1n) is 13.3. The second kappa shape index (κ2) is 11.3. The summed E-state index contributed by atoms with van der Waals surface area (Å²) in [5, 5.41) is 5.22. The maximum absolute atomic E-state index is 13.7. The smallest absolute Gasteiger partial charge is 0.418 e. The summed E-state index contributed by atoms with van der Waals surface area (Å²) in [6, 6.07) is 6.84. The number of hydrogen-bond donors (Lipinski definition) is 2. The minimum absolute atomic E-state index is 0.0185. The van der Waals surface area contributed by atoms with Gasteiger partial charge in [-0.25, -0.2) is 14.1 Å². The first-order valence-corrected chi connectivity index (χ1v) is 13.3. The van der Waals surface area contributed by atoms with Crippen LogP contribution >= 0.6 is 0 Å². The zero-order valence-corrected chi connectivity index (χ0v) is 23.8. The lowest BCUT2D eigenvalue weighted by atomic mass is 9.94. The molecule has 1 spiro atoms. The molecule has 230 valence electrons. The predicted molar refractivity (Wildman–Crippen MR) is 144 cm³/mol. The fraction of sp³-hybridized carbons (Fsp3) is 0.414. The van der Waals surface area contributed by atoms with Crippen LogP contribution in [0.3, 0.4) is 0 Å². The number of imide groups is 1. The van der Waals surface area contributed by atoms with Crippen LogP contribution in [0.25, 0.3) is 0 Å². The van der Waals surface area contributed by atoms with Gasteiger partial charge in [-0.2, -0.15) is 13.2 Å². The fourth-order valence-corrected chi connectivity index (χ4v) is 5.15. The summed E-state index contributed by atoms with van der Waals surface area (Å²) in [6.45, 7) is 3.55. The van der Waals surface area contributed by atoms with Gasteiger partial charge < -0.3 is 20.3 Å². The van der Waals surface area contributed by atoms with E-state index in [9.17, 15) is 41.5 Å². The summed E-state index contributed by atoms with van der Waals surface area (Å²) in [6.07, 6.45) is -5.72. The molecule has 0 unspecified atom stereocenters. The van der Waals surface area contributed by atoms with E-state index in [0.717, 1.165) is 19.1 Å². The molecule has 0 bridgehead atoms. The van der Waals surface area contributed by atoms with Crippen molar-refractivity contribution in [1.29, 1.82) is 0 Å². The number of fused-ring (bicyclic) bond motifs is 2. The topological polar surface area (TPSA) is 125 Å². The van der Waals surface area contributed by atoms with Gasteiger partial charge in [-0.1, -0.05) is 18.2 Å². The maximum Gasteiger partial charge on any atom is 0.418 e. The molecule has 1 saturated heterocycles. The number of nitrogens with one attached hydrogen (secondary N) is 2. The Kier molecular flexibility index (Phi) is 8.27. The third-order valence-electron chi connectivity index (χ3n) is 7.49. The van der Waals surface area contributed by atoms with E-state index in [-0.39, 0.29) is 18.4 Å². The molecule has 0 radical (unpaired) electrons. The highest BCUT2D eigenvalue weighted by Crippen LogP contribution is 2.46. The van der Waals surface area contributed by atoms with Crippen molar-refractivity contribution in [2.75, 3.05) is 11.9 Å². The van der Waals surface area contributed by atoms with Crippen molar-refractivity contribution >= 4 is 35.4 Å². The number of rotatable bonds is 8. The molecule has 2 aliphatic rings. The highest BCUT2D eigenvalue weighted by molar-refractivity contribution is 6.06. The Labute approximate surface area is 244 Å². The lowest BCUT2D eigenvalue weighted by Gasteiger charge is -2.31. The number of aryl methyl sites for hydroxylation is 1. The van der Waals surface area contributed by atoms with Crippen molar-refractivity contribution in [1.82, 2.24) is 15.1 Å². The predicted octanol–water partition coefficient (Wildman–Crippen LogP) is 3.78. The first kappa shape index (κ1) is 31.4. The van der Waals surface area contributed by atoms with E-state index >= 15 is 0 Å². The monoisotopic (exact) mass is 606 g/mol. The number of ether oxygens (including phenoxy) is 1. The number of amides is 5. The number of benzene rings is 2. The third kappa shape index (κ3) is 6.32. The summed E-state index contributed by atoms with van der Waals surface area (Å²) >= 11 is 0. The van der Waals surface area contributed by atoms with Gasteiger partial charge in [0.15, 0.2) is 0 Å². The Hall–Kier alpha value is -4.49. The Morgan fingerprint density at radius 3 is 2.35 bits per heavy atom. The van der Waals surface area contributed by atoms with Gasteiger partial charge in [0.1, 0.15) is 23.9 Å². The van der Waals surface area contributed by atoms with Crippen molar-refractivity contribution in [3.05, 3.63) is 65.0 Å². The van der Waals surface area contributed by atoms with Crippen LogP contribution in [0.5, 0.6) is 0 Å². The minimum Gasteiger partial charge on any atom is -0.427 e. The molecule has 2 atom stereocenters. The van der Waals surface area contributed by atoms with Crippen LogP contribution in [0.15, 0.2) is 42.5 Å². The SMILES string of the molecule is CC(=O)NC(C)(C)C(=O)Nc1ccc2c(c1)CC[C@@]21OC(=O)N(CC(=O)N(Cc2ccc(F)cc2)[C@@H](C)C(F)(F)F)C1=O. The second-order valence-electron chi connectivity index (χ2n) is 11.1. The van der Waals surface area contributed by atoms with Gasteiger partial charge >= 0.3 is 12.3 Å². The molecule has 43 heavy (non-hydrogen) atoms. The van der Waals surface area contributed by atoms with Gasteiger partial charge in [0.25, 0.3) is 5.91 Å². The van der Waals surface area contributed by atoms with Crippen molar-refractivity contribution in [2.24, 2.45) is 0 Å². The molecule has 0 aromatic heterocycles. The van der Waals surface area contributed by atoms with Gasteiger partial charge in [0.2, 0.25) is 23.3 Å². The summed E-state index contributed by atoms with van der Waals surface area (Å²) in [7, 11) is 0. The fourth-order valence-electron chi connectivity index (χ4n) is 5.15. The molecule has 5 amide bonds. The number of halogens is 4. The molecule has 1 aliphatic heterocycles. The highest BCUT2D eigenvalue weighted by atomic mass is 19.4. The van der Waals surface area contributed by atoms with Crippen LogP contribution in [0.2, 0.25) is 0 Å². The minimum atomic E-state index is -4.82. The van der Waals surface area contributed by atoms with E-state index < -0.39 is 72.0 Å². The number of alkyl halides is 3. The number of carbonyl (C=O) groups excluding carboxylic acids is 5. The molecule has 0 saturated carbocycles. The summed E-state index contributed by atoms with van der Waals surface area (Å²) in [5.41, 5.74) is -1.52. The van der Waals surface area contributed by atoms with Gasteiger partial charge in [-0.15, -0.1) is 0 Å². The molecule has 1 fully saturated rings. The van der Waals surface area contributed by atoms with Gasteiger partial charge in [0, 0.05) is 31.1 Å². The molecule has 1 heterocycles. The van der Waals surface area contributed by atoms with E-state index in [1.54, 1.807) is 6.07 Å². The van der Waals surface area contributed by atoms with E-state index in [1.807, 2.05) is 0 Å². The molecular weight excluding hydrogens is 576 g/mol. The van der Waals surface area contributed by atoms with E-state index in [2.05, 4.69) is 10.6 Å². The molecular formula is C29H30F4N4O6. The van der Waals surface area contributed by atoms with E-state index in [1.165, 1.54) is 45.0 Å². The van der Waals surface area contributed by atoms with E-state index in [0.29, 0.717) is 26.6 Å². The van der Waals surface area contributed by atoms with Gasteiger partial charge in [-0.3, -0.25) is 19.2 Å². The molecule has 4 rings (SSSR count). The average molecular weight is 607 g/mol. The Morgan fingerprint density at radius 1 is 1.09 bits per heavy atom.